The van der Waals surface area contributed by atoms with Crippen molar-refractivity contribution in [2.45, 2.75) is 19.0 Å². The molecule has 15 heavy (non-hydrogen) atoms. The lowest BCUT2D eigenvalue weighted by Gasteiger charge is -2.16. The Labute approximate surface area is 100.0 Å². The second-order valence-electron chi connectivity index (χ2n) is 3.98. The highest BCUT2D eigenvalue weighted by Gasteiger charge is 2.20. The second kappa shape index (κ2) is 4.71. The Bertz CT molecular complexity index is 334. The molecule has 1 aliphatic rings. The highest BCUT2D eigenvalue weighted by Crippen LogP contribution is 2.26. The number of halogens is 2. The predicted octanol–water partition coefficient (Wildman–Crippen LogP) is 2.53. The maximum absolute atomic E-state index is 6.10. The van der Waals surface area contributed by atoms with Crippen molar-refractivity contribution in [1.29, 1.82) is 0 Å². The zero-order valence-corrected chi connectivity index (χ0v) is 9.93. The Hall–Kier alpha value is -0.280. The normalized spacial score (nSPS) is 22.2. The number of benzene rings is 1. The van der Waals surface area contributed by atoms with Crippen LogP contribution in [-0.4, -0.2) is 24.0 Å². The maximum Gasteiger partial charge on any atom is 0.0465 e. The van der Waals surface area contributed by atoms with E-state index in [2.05, 4.69) is 4.90 Å². The van der Waals surface area contributed by atoms with Crippen LogP contribution < -0.4 is 5.73 Å². The molecule has 2 nitrogen and oxygen atoms in total. The Morgan fingerprint density at radius 3 is 2.53 bits per heavy atom. The van der Waals surface area contributed by atoms with E-state index in [0.717, 1.165) is 41.7 Å². The number of nitrogens with zero attached hydrogens (tertiary/aromatic N) is 1. The predicted molar refractivity (Wildman–Crippen MR) is 64.3 cm³/mol. The lowest BCUT2D eigenvalue weighted by molar-refractivity contribution is 0.327. The van der Waals surface area contributed by atoms with Crippen LogP contribution in [0.25, 0.3) is 0 Å². The zero-order chi connectivity index (χ0) is 10.8. The third-order valence-electron chi connectivity index (χ3n) is 2.75. The zero-order valence-electron chi connectivity index (χ0n) is 8.42. The van der Waals surface area contributed by atoms with Gasteiger partial charge in [-0.05, 0) is 18.6 Å². The molecular formula is C11H14Cl2N2. The number of hydrogen-bond donors (Lipinski definition) is 1. The highest BCUT2D eigenvalue weighted by molar-refractivity contribution is 6.35. The lowest BCUT2D eigenvalue weighted by atomic mass is 10.2. The molecule has 82 valence electrons. The average Bonchev–Trinajstić information content (AvgIpc) is 2.58. The van der Waals surface area contributed by atoms with E-state index in [1.165, 1.54) is 0 Å². The summed E-state index contributed by atoms with van der Waals surface area (Å²) in [5, 5.41) is 1.48. The quantitative estimate of drug-likeness (QED) is 0.867. The van der Waals surface area contributed by atoms with Crippen LogP contribution in [0.4, 0.5) is 0 Å². The van der Waals surface area contributed by atoms with Gasteiger partial charge in [0.25, 0.3) is 0 Å². The average molecular weight is 245 g/mol. The van der Waals surface area contributed by atoms with E-state index >= 15 is 0 Å². The molecule has 4 heteroatoms. The van der Waals surface area contributed by atoms with Crippen molar-refractivity contribution in [1.82, 2.24) is 4.90 Å². The summed E-state index contributed by atoms with van der Waals surface area (Å²) in [4.78, 5) is 2.29. The monoisotopic (exact) mass is 244 g/mol. The van der Waals surface area contributed by atoms with Gasteiger partial charge in [-0.3, -0.25) is 4.90 Å². The first-order chi connectivity index (χ1) is 7.16. The summed E-state index contributed by atoms with van der Waals surface area (Å²) in [6, 6.07) is 5.91. The molecule has 1 fully saturated rings. The lowest BCUT2D eigenvalue weighted by Crippen LogP contribution is -2.26. The highest BCUT2D eigenvalue weighted by atomic mass is 35.5. The van der Waals surface area contributed by atoms with Crippen LogP contribution in [0.2, 0.25) is 10.0 Å². The van der Waals surface area contributed by atoms with Crippen LogP contribution in [0, 0.1) is 0 Å². The van der Waals surface area contributed by atoms with E-state index in [-0.39, 0.29) is 0 Å². The first-order valence-electron chi connectivity index (χ1n) is 5.07. The standard InChI is InChI=1S/C11H14Cl2N2/c12-10-2-1-3-11(13)9(10)7-15-5-4-8(14)6-15/h1-3,8H,4-7,14H2/t8-/m0/s1. The smallest absolute Gasteiger partial charge is 0.0465 e. The van der Waals surface area contributed by atoms with Gasteiger partial charge in [-0.25, -0.2) is 0 Å². The SMILES string of the molecule is N[C@H]1CCN(Cc2c(Cl)cccc2Cl)C1. The summed E-state index contributed by atoms with van der Waals surface area (Å²) in [6.07, 6.45) is 1.06. The summed E-state index contributed by atoms with van der Waals surface area (Å²) in [5.74, 6) is 0. The number of nitrogens with two attached hydrogens (primary N) is 1. The van der Waals surface area contributed by atoms with Gasteiger partial charge in [-0.15, -0.1) is 0 Å². The molecule has 0 bridgehead atoms. The molecule has 0 radical (unpaired) electrons. The molecule has 0 unspecified atom stereocenters. The summed E-state index contributed by atoms with van der Waals surface area (Å²) in [7, 11) is 0. The molecule has 1 aliphatic heterocycles. The Balaban J connectivity index is 2.10. The van der Waals surface area contributed by atoms with Crippen molar-refractivity contribution in [3.63, 3.8) is 0 Å². The summed E-state index contributed by atoms with van der Waals surface area (Å²) in [5.41, 5.74) is 6.86. The minimum atomic E-state index is 0.297. The largest absolute Gasteiger partial charge is 0.326 e. The fourth-order valence-corrected chi connectivity index (χ4v) is 2.43. The van der Waals surface area contributed by atoms with Crippen LogP contribution in [0.3, 0.4) is 0 Å². The van der Waals surface area contributed by atoms with Crippen LogP contribution in [-0.2, 0) is 6.54 Å². The molecule has 1 saturated heterocycles. The molecule has 1 heterocycles. The van der Waals surface area contributed by atoms with Gasteiger partial charge in [0.1, 0.15) is 0 Å². The van der Waals surface area contributed by atoms with Crippen molar-refractivity contribution < 1.29 is 0 Å². The molecule has 0 amide bonds. The van der Waals surface area contributed by atoms with Crippen molar-refractivity contribution in [3.05, 3.63) is 33.8 Å². The minimum Gasteiger partial charge on any atom is -0.326 e. The van der Waals surface area contributed by atoms with E-state index in [0.29, 0.717) is 6.04 Å². The molecule has 2 rings (SSSR count). The molecule has 2 N–H and O–H groups in total. The maximum atomic E-state index is 6.10. The first kappa shape index (κ1) is 11.2. The Morgan fingerprint density at radius 2 is 2.00 bits per heavy atom. The summed E-state index contributed by atoms with van der Waals surface area (Å²) in [6.45, 7) is 2.76. The van der Waals surface area contributed by atoms with Gasteiger partial charge < -0.3 is 5.73 Å². The van der Waals surface area contributed by atoms with Crippen LogP contribution in [0.15, 0.2) is 18.2 Å². The van der Waals surface area contributed by atoms with Gasteiger partial charge in [0, 0.05) is 41.3 Å². The van der Waals surface area contributed by atoms with Crippen LogP contribution in [0.5, 0.6) is 0 Å². The molecule has 0 aliphatic carbocycles. The van der Waals surface area contributed by atoms with E-state index in [9.17, 15) is 0 Å². The third-order valence-corrected chi connectivity index (χ3v) is 3.46. The molecule has 0 saturated carbocycles. The van der Waals surface area contributed by atoms with Crippen LogP contribution in [0.1, 0.15) is 12.0 Å². The van der Waals surface area contributed by atoms with Crippen molar-refractivity contribution in [2.24, 2.45) is 5.73 Å². The topological polar surface area (TPSA) is 29.3 Å². The van der Waals surface area contributed by atoms with Gasteiger partial charge in [-0.2, -0.15) is 0 Å². The fourth-order valence-electron chi connectivity index (χ4n) is 1.91. The molecule has 0 aromatic heterocycles. The van der Waals surface area contributed by atoms with E-state index in [4.69, 9.17) is 28.9 Å². The Morgan fingerprint density at radius 1 is 1.33 bits per heavy atom. The molecule has 1 aromatic rings. The van der Waals surface area contributed by atoms with E-state index in [1.54, 1.807) is 0 Å². The van der Waals surface area contributed by atoms with Gasteiger partial charge in [0.15, 0.2) is 0 Å². The first-order valence-corrected chi connectivity index (χ1v) is 5.83. The van der Waals surface area contributed by atoms with E-state index < -0.39 is 0 Å². The molecule has 0 spiro atoms. The van der Waals surface area contributed by atoms with Gasteiger partial charge in [-0.1, -0.05) is 29.3 Å². The molecule has 1 atom stereocenters. The number of hydrogen-bond acceptors (Lipinski definition) is 2. The van der Waals surface area contributed by atoms with Crippen molar-refractivity contribution >= 4 is 23.2 Å². The third kappa shape index (κ3) is 2.64. The van der Waals surface area contributed by atoms with Crippen molar-refractivity contribution in [2.75, 3.05) is 13.1 Å². The van der Waals surface area contributed by atoms with E-state index in [1.807, 2.05) is 18.2 Å². The summed E-state index contributed by atoms with van der Waals surface area (Å²) < 4.78 is 0. The number of rotatable bonds is 2. The van der Waals surface area contributed by atoms with Gasteiger partial charge in [0.2, 0.25) is 0 Å². The van der Waals surface area contributed by atoms with Gasteiger partial charge >= 0.3 is 0 Å². The number of likely N-dealkylation sites (tertiary alicyclic amines) is 1. The van der Waals surface area contributed by atoms with Crippen molar-refractivity contribution in [3.8, 4) is 0 Å². The van der Waals surface area contributed by atoms with Crippen LogP contribution >= 0.6 is 23.2 Å². The second-order valence-corrected chi connectivity index (χ2v) is 4.80. The van der Waals surface area contributed by atoms with Gasteiger partial charge in [0.05, 0.1) is 0 Å². The Kier molecular flexibility index (Phi) is 3.52. The molecule has 1 aromatic carbocycles. The minimum absolute atomic E-state index is 0.297. The fraction of sp³-hybridized carbons (Fsp3) is 0.455. The summed E-state index contributed by atoms with van der Waals surface area (Å²) >= 11 is 12.2. The molecular weight excluding hydrogens is 231 g/mol.